The van der Waals surface area contributed by atoms with Crippen molar-refractivity contribution in [3.63, 3.8) is 0 Å². The smallest absolute Gasteiger partial charge is 0.257 e. The Morgan fingerprint density at radius 2 is 2.33 bits per heavy atom. The van der Waals surface area contributed by atoms with Gasteiger partial charge in [0, 0.05) is 12.2 Å². The molecular weight excluding hydrogens is 228 g/mol. The number of rotatable bonds is 2. The summed E-state index contributed by atoms with van der Waals surface area (Å²) in [7, 11) is 0. The fraction of sp³-hybridized carbons (Fsp3) is 0.714. The first kappa shape index (κ1) is 12.2. The SMILES string of the molecule is NNC(=O)[C@@H]1CS[C@@H](C(F)F)CC(=O)N1. The van der Waals surface area contributed by atoms with Crippen LogP contribution in [0, 0.1) is 0 Å². The van der Waals surface area contributed by atoms with Crippen LogP contribution in [0.4, 0.5) is 8.78 Å². The van der Waals surface area contributed by atoms with Crippen LogP contribution in [-0.4, -0.2) is 35.3 Å². The van der Waals surface area contributed by atoms with Crippen LogP contribution in [0.5, 0.6) is 0 Å². The van der Waals surface area contributed by atoms with E-state index >= 15 is 0 Å². The van der Waals surface area contributed by atoms with Crippen LogP contribution in [0.15, 0.2) is 0 Å². The van der Waals surface area contributed by atoms with Gasteiger partial charge in [-0.15, -0.1) is 11.8 Å². The van der Waals surface area contributed by atoms with E-state index in [0.717, 1.165) is 11.8 Å². The topological polar surface area (TPSA) is 84.2 Å². The van der Waals surface area contributed by atoms with Gasteiger partial charge in [0.1, 0.15) is 6.04 Å². The second-order valence-corrected chi connectivity index (χ2v) is 4.31. The van der Waals surface area contributed by atoms with Crippen LogP contribution < -0.4 is 16.6 Å². The number of carbonyl (C=O) groups excluding carboxylic acids is 2. The number of hydrazine groups is 1. The van der Waals surface area contributed by atoms with Crippen molar-refractivity contribution >= 4 is 23.6 Å². The Kier molecular flexibility index (Phi) is 4.28. The van der Waals surface area contributed by atoms with Gasteiger partial charge in [-0.2, -0.15) is 0 Å². The Bertz CT molecular complexity index is 265. The summed E-state index contributed by atoms with van der Waals surface area (Å²) in [6, 6.07) is -0.837. The maximum absolute atomic E-state index is 12.4. The number of hydrogen-bond donors (Lipinski definition) is 3. The Morgan fingerprint density at radius 3 is 2.87 bits per heavy atom. The van der Waals surface area contributed by atoms with E-state index in [1.165, 1.54) is 0 Å². The van der Waals surface area contributed by atoms with Gasteiger partial charge in [-0.25, -0.2) is 14.6 Å². The Morgan fingerprint density at radius 1 is 1.67 bits per heavy atom. The van der Waals surface area contributed by atoms with Crippen molar-refractivity contribution in [1.29, 1.82) is 0 Å². The summed E-state index contributed by atoms with van der Waals surface area (Å²) in [5.74, 6) is 3.85. The molecule has 15 heavy (non-hydrogen) atoms. The van der Waals surface area contributed by atoms with Gasteiger partial charge in [-0.1, -0.05) is 0 Å². The summed E-state index contributed by atoms with van der Waals surface area (Å²) in [4.78, 5) is 22.2. The molecule has 0 saturated carbocycles. The fourth-order valence-electron chi connectivity index (χ4n) is 1.16. The molecule has 0 spiro atoms. The van der Waals surface area contributed by atoms with Crippen LogP contribution in [0.1, 0.15) is 6.42 Å². The lowest BCUT2D eigenvalue weighted by atomic mass is 10.2. The molecule has 1 heterocycles. The van der Waals surface area contributed by atoms with Crippen LogP contribution in [0.25, 0.3) is 0 Å². The summed E-state index contributed by atoms with van der Waals surface area (Å²) in [6.45, 7) is 0. The van der Waals surface area contributed by atoms with E-state index in [4.69, 9.17) is 5.84 Å². The Labute approximate surface area is 89.1 Å². The largest absolute Gasteiger partial charge is 0.343 e. The number of nitrogens with two attached hydrogens (primary N) is 1. The average Bonchev–Trinajstić information content (AvgIpc) is 2.38. The summed E-state index contributed by atoms with van der Waals surface area (Å²) < 4.78 is 24.7. The van der Waals surface area contributed by atoms with E-state index in [9.17, 15) is 18.4 Å². The third-order valence-corrected chi connectivity index (χ3v) is 3.26. The molecule has 1 aliphatic heterocycles. The first-order valence-corrected chi connectivity index (χ1v) is 5.29. The fourth-order valence-corrected chi connectivity index (χ4v) is 2.25. The van der Waals surface area contributed by atoms with Crippen molar-refractivity contribution < 1.29 is 18.4 Å². The normalized spacial score (nSPS) is 27.1. The molecule has 0 bridgehead atoms. The van der Waals surface area contributed by atoms with Gasteiger partial charge in [0.15, 0.2) is 0 Å². The van der Waals surface area contributed by atoms with Crippen LogP contribution >= 0.6 is 11.8 Å². The molecule has 2 amide bonds. The molecule has 5 nitrogen and oxygen atoms in total. The van der Waals surface area contributed by atoms with Crippen molar-refractivity contribution in [2.24, 2.45) is 5.84 Å². The molecular formula is C7H11F2N3O2S. The molecule has 0 aromatic rings. The third kappa shape index (κ3) is 3.31. The highest BCUT2D eigenvalue weighted by atomic mass is 32.2. The first-order valence-electron chi connectivity index (χ1n) is 4.24. The Balaban J connectivity index is 2.62. The van der Waals surface area contributed by atoms with Crippen molar-refractivity contribution in [2.75, 3.05) is 5.75 Å². The maximum atomic E-state index is 12.4. The highest BCUT2D eigenvalue weighted by molar-refractivity contribution is 8.00. The average molecular weight is 239 g/mol. The van der Waals surface area contributed by atoms with E-state index in [0.29, 0.717) is 0 Å². The molecule has 2 atom stereocenters. The van der Waals surface area contributed by atoms with Crippen molar-refractivity contribution in [2.45, 2.75) is 24.1 Å². The standard InChI is InChI=1S/C7H11F2N3O2S/c8-6(9)4-1-5(13)11-3(2-15-4)7(14)12-10/h3-4,6H,1-2,10H2,(H,11,13)(H,12,14)/t3-,4+/m0/s1. The quantitative estimate of drug-likeness (QED) is 0.336. The minimum atomic E-state index is -2.57. The summed E-state index contributed by atoms with van der Waals surface area (Å²) in [5.41, 5.74) is 1.87. The molecule has 0 unspecified atom stereocenters. The van der Waals surface area contributed by atoms with E-state index in [1.807, 2.05) is 5.43 Å². The number of carbonyl (C=O) groups is 2. The van der Waals surface area contributed by atoms with Crippen LogP contribution in [0.2, 0.25) is 0 Å². The second kappa shape index (κ2) is 5.26. The van der Waals surface area contributed by atoms with Gasteiger partial charge < -0.3 is 5.32 Å². The molecule has 1 saturated heterocycles. The van der Waals surface area contributed by atoms with E-state index in [2.05, 4.69) is 5.32 Å². The van der Waals surface area contributed by atoms with Crippen LogP contribution in [0.3, 0.4) is 0 Å². The molecule has 0 radical (unpaired) electrons. The molecule has 1 rings (SSSR count). The predicted molar refractivity (Wildman–Crippen MR) is 51.1 cm³/mol. The number of nitrogens with one attached hydrogen (secondary N) is 2. The van der Waals surface area contributed by atoms with Gasteiger partial charge in [0.2, 0.25) is 5.91 Å². The summed E-state index contributed by atoms with van der Waals surface area (Å²) in [5, 5.41) is 1.27. The van der Waals surface area contributed by atoms with Gasteiger partial charge in [-0.3, -0.25) is 15.0 Å². The minimum absolute atomic E-state index is 0.101. The zero-order valence-corrected chi connectivity index (χ0v) is 8.52. The molecule has 1 fully saturated rings. The van der Waals surface area contributed by atoms with Gasteiger partial charge in [0.05, 0.1) is 5.25 Å². The predicted octanol–water partition coefficient (Wildman–Crippen LogP) is -0.768. The van der Waals surface area contributed by atoms with Gasteiger partial charge >= 0.3 is 0 Å². The molecule has 0 aliphatic carbocycles. The highest BCUT2D eigenvalue weighted by Crippen LogP contribution is 2.24. The minimum Gasteiger partial charge on any atom is -0.343 e. The Hall–Kier alpha value is -0.890. The maximum Gasteiger partial charge on any atom is 0.257 e. The lowest BCUT2D eigenvalue weighted by Gasteiger charge is -2.12. The zero-order valence-electron chi connectivity index (χ0n) is 7.70. The molecule has 1 aliphatic rings. The van der Waals surface area contributed by atoms with Gasteiger partial charge in [-0.05, 0) is 0 Å². The number of hydrogen-bond acceptors (Lipinski definition) is 4. The van der Waals surface area contributed by atoms with E-state index in [1.54, 1.807) is 0 Å². The van der Waals surface area contributed by atoms with Crippen molar-refractivity contribution in [1.82, 2.24) is 10.7 Å². The summed E-state index contributed by atoms with van der Waals surface area (Å²) >= 11 is 0.898. The lowest BCUT2D eigenvalue weighted by Crippen LogP contribution is -2.49. The molecule has 0 aromatic carbocycles. The number of halogens is 2. The first-order chi connectivity index (χ1) is 7.04. The highest BCUT2D eigenvalue weighted by Gasteiger charge is 2.32. The summed E-state index contributed by atoms with van der Waals surface area (Å²) in [6.07, 6.45) is -2.85. The number of thioether (sulfide) groups is 1. The van der Waals surface area contributed by atoms with E-state index < -0.39 is 29.5 Å². The van der Waals surface area contributed by atoms with Crippen molar-refractivity contribution in [3.05, 3.63) is 0 Å². The molecule has 8 heteroatoms. The number of amides is 2. The van der Waals surface area contributed by atoms with E-state index in [-0.39, 0.29) is 12.2 Å². The van der Waals surface area contributed by atoms with Crippen molar-refractivity contribution in [3.8, 4) is 0 Å². The second-order valence-electron chi connectivity index (χ2n) is 3.04. The lowest BCUT2D eigenvalue weighted by molar-refractivity contribution is -0.128. The molecule has 0 aromatic heterocycles. The third-order valence-electron chi connectivity index (χ3n) is 1.94. The molecule has 4 N–H and O–H groups in total. The van der Waals surface area contributed by atoms with Gasteiger partial charge in [0.25, 0.3) is 12.3 Å². The number of alkyl halides is 2. The molecule has 86 valence electrons. The monoisotopic (exact) mass is 239 g/mol. The zero-order chi connectivity index (χ0) is 11.4. The van der Waals surface area contributed by atoms with Crippen LogP contribution in [-0.2, 0) is 9.59 Å².